The topological polar surface area (TPSA) is 53.9 Å². The van der Waals surface area contributed by atoms with E-state index in [9.17, 15) is 9.18 Å². The van der Waals surface area contributed by atoms with E-state index in [0.29, 0.717) is 25.3 Å². The number of aromatic nitrogens is 3. The number of nitrogens with zero attached hydrogens (tertiary/aromatic N) is 3. The van der Waals surface area contributed by atoms with E-state index in [1.54, 1.807) is 6.07 Å². The molecule has 184 valence electrons. The van der Waals surface area contributed by atoms with Gasteiger partial charge in [0, 0.05) is 30.5 Å². The predicted octanol–water partition coefficient (Wildman–Crippen LogP) is 7.01. The Kier molecular flexibility index (Phi) is 6.35. The number of aryl methyl sites for hydroxylation is 3. The minimum absolute atomic E-state index is 0.0329. The lowest BCUT2D eigenvalue weighted by Gasteiger charge is -2.24. The van der Waals surface area contributed by atoms with Gasteiger partial charge in [-0.15, -0.1) is 0 Å². The van der Waals surface area contributed by atoms with E-state index in [4.69, 9.17) is 0 Å². The van der Waals surface area contributed by atoms with E-state index in [2.05, 4.69) is 54.1 Å². The summed E-state index contributed by atoms with van der Waals surface area (Å²) in [5, 5.41) is 0.749. The third-order valence-electron chi connectivity index (χ3n) is 6.82. The molecule has 36 heavy (non-hydrogen) atoms. The molecule has 1 N–H and O–H groups in total. The molecular formula is C30H31FN4O. The lowest BCUT2D eigenvalue weighted by Crippen LogP contribution is -2.33. The predicted molar refractivity (Wildman–Crippen MR) is 144 cm³/mol. The molecule has 0 aliphatic carbocycles. The van der Waals surface area contributed by atoms with Gasteiger partial charge in [-0.2, -0.15) is 0 Å². The Bertz CT molecular complexity index is 1580. The van der Waals surface area contributed by atoms with Crippen LogP contribution in [0.5, 0.6) is 0 Å². The Labute approximate surface area is 210 Å². The second-order valence-corrected chi connectivity index (χ2v) is 9.40. The fourth-order valence-corrected chi connectivity index (χ4v) is 4.99. The maximum atomic E-state index is 13.8. The van der Waals surface area contributed by atoms with Crippen LogP contribution in [0.3, 0.4) is 0 Å². The number of carbonyl (C=O) groups is 1. The van der Waals surface area contributed by atoms with E-state index in [1.165, 1.54) is 12.1 Å². The van der Waals surface area contributed by atoms with Gasteiger partial charge in [0.05, 0.1) is 11.0 Å². The minimum Gasteiger partial charge on any atom is -0.342 e. The average molecular weight is 483 g/mol. The molecule has 3 aromatic carbocycles. The summed E-state index contributed by atoms with van der Waals surface area (Å²) in [5.74, 6) is 0.568. The molecule has 0 aliphatic heterocycles. The first-order chi connectivity index (χ1) is 17.4. The van der Waals surface area contributed by atoms with Crippen molar-refractivity contribution < 1.29 is 9.18 Å². The van der Waals surface area contributed by atoms with Crippen molar-refractivity contribution >= 4 is 27.8 Å². The summed E-state index contributed by atoms with van der Waals surface area (Å²) in [6, 6.07) is 19.2. The van der Waals surface area contributed by atoms with E-state index in [0.717, 1.165) is 56.4 Å². The van der Waals surface area contributed by atoms with Gasteiger partial charge < -0.3 is 14.5 Å². The Morgan fingerprint density at radius 3 is 2.56 bits per heavy atom. The molecule has 0 aliphatic rings. The van der Waals surface area contributed by atoms with Crippen LogP contribution in [0.4, 0.5) is 4.39 Å². The first-order valence-corrected chi connectivity index (χ1v) is 12.5. The number of hydrogen-bond acceptors (Lipinski definition) is 2. The van der Waals surface area contributed by atoms with Gasteiger partial charge in [-0.1, -0.05) is 25.1 Å². The lowest BCUT2D eigenvalue weighted by molar-refractivity contribution is 0.0732. The zero-order valence-corrected chi connectivity index (χ0v) is 21.2. The number of carbonyl (C=O) groups excluding carboxylic acids is 1. The van der Waals surface area contributed by atoms with Crippen molar-refractivity contribution in [2.24, 2.45) is 0 Å². The number of H-pyrrole nitrogens is 1. The molecule has 0 saturated heterocycles. The van der Waals surface area contributed by atoms with Crippen LogP contribution in [0.15, 0.2) is 60.7 Å². The van der Waals surface area contributed by atoms with Crippen LogP contribution in [0, 0.1) is 19.7 Å². The molecule has 2 heterocycles. The number of halogens is 1. The van der Waals surface area contributed by atoms with Gasteiger partial charge in [0.1, 0.15) is 17.3 Å². The summed E-state index contributed by atoms with van der Waals surface area (Å²) >= 11 is 0. The van der Waals surface area contributed by atoms with Crippen LogP contribution < -0.4 is 0 Å². The Morgan fingerprint density at radius 1 is 1.00 bits per heavy atom. The number of hydrogen-bond donors (Lipinski definition) is 1. The van der Waals surface area contributed by atoms with Gasteiger partial charge in [-0.3, -0.25) is 4.79 Å². The number of fused-ring (bicyclic) bond motifs is 2. The highest BCUT2D eigenvalue weighted by molar-refractivity contribution is 5.99. The third-order valence-corrected chi connectivity index (χ3v) is 6.82. The summed E-state index contributed by atoms with van der Waals surface area (Å²) in [5.41, 5.74) is 7.90. The van der Waals surface area contributed by atoms with Crippen molar-refractivity contribution in [2.45, 2.75) is 47.2 Å². The largest absolute Gasteiger partial charge is 0.342 e. The number of aromatic amines is 1. The second-order valence-electron chi connectivity index (χ2n) is 9.40. The van der Waals surface area contributed by atoms with Gasteiger partial charge in [-0.05, 0) is 91.9 Å². The zero-order valence-electron chi connectivity index (χ0n) is 21.2. The summed E-state index contributed by atoms with van der Waals surface area (Å²) in [6.07, 6.45) is 0.849. The smallest absolute Gasteiger partial charge is 0.270 e. The van der Waals surface area contributed by atoms with Crippen LogP contribution in [0.1, 0.15) is 47.7 Å². The number of nitrogens with one attached hydrogen (secondary N) is 1. The van der Waals surface area contributed by atoms with Crippen molar-refractivity contribution in [3.8, 4) is 11.1 Å². The van der Waals surface area contributed by atoms with Gasteiger partial charge in [0.15, 0.2) is 0 Å². The molecule has 0 radical (unpaired) electrons. The Morgan fingerprint density at radius 2 is 1.78 bits per heavy atom. The molecule has 1 amide bonds. The van der Waals surface area contributed by atoms with E-state index < -0.39 is 0 Å². The number of rotatable bonds is 7. The SMILES string of the molecule is CCCN(Cc1cc(-c2ccc3nc(C)[nH]c3c2)ccc1C)C(=O)c1cc2cc(F)ccc2n1CC. The van der Waals surface area contributed by atoms with Crippen molar-refractivity contribution in [3.05, 3.63) is 89.1 Å². The van der Waals surface area contributed by atoms with E-state index in [-0.39, 0.29) is 11.7 Å². The van der Waals surface area contributed by atoms with Crippen LogP contribution in [0.2, 0.25) is 0 Å². The molecule has 5 aromatic rings. The number of imidazole rings is 1. The highest BCUT2D eigenvalue weighted by atomic mass is 19.1. The lowest BCUT2D eigenvalue weighted by atomic mass is 9.99. The first kappa shape index (κ1) is 23.8. The van der Waals surface area contributed by atoms with E-state index >= 15 is 0 Å². The van der Waals surface area contributed by atoms with Gasteiger partial charge in [0.2, 0.25) is 0 Å². The molecule has 0 atom stereocenters. The monoisotopic (exact) mass is 482 g/mol. The maximum absolute atomic E-state index is 13.8. The van der Waals surface area contributed by atoms with Crippen LogP contribution in [-0.4, -0.2) is 31.9 Å². The molecule has 5 rings (SSSR count). The Balaban J connectivity index is 1.49. The summed E-state index contributed by atoms with van der Waals surface area (Å²) in [4.78, 5) is 23.5. The molecule has 5 nitrogen and oxygen atoms in total. The van der Waals surface area contributed by atoms with Crippen LogP contribution >= 0.6 is 0 Å². The first-order valence-electron chi connectivity index (χ1n) is 12.5. The molecule has 0 saturated carbocycles. The standard InChI is InChI=1S/C30H31FN4O/c1-5-13-34(30(36)29-17-23-15-25(31)10-12-28(23)35(29)6-2)18-24-14-21(8-7-19(24)3)22-9-11-26-27(16-22)33-20(4)32-26/h7-12,14-17H,5-6,13,18H2,1-4H3,(H,32,33). The second kappa shape index (κ2) is 9.61. The fourth-order valence-electron chi connectivity index (χ4n) is 4.99. The molecule has 0 unspecified atom stereocenters. The zero-order chi connectivity index (χ0) is 25.4. The molecule has 0 bridgehead atoms. The molecule has 0 spiro atoms. The normalized spacial score (nSPS) is 11.5. The van der Waals surface area contributed by atoms with Gasteiger partial charge in [0.25, 0.3) is 5.91 Å². The third kappa shape index (κ3) is 4.39. The summed E-state index contributed by atoms with van der Waals surface area (Å²) in [7, 11) is 0. The van der Waals surface area contributed by atoms with Gasteiger partial charge in [-0.25, -0.2) is 9.37 Å². The van der Waals surface area contributed by atoms with Crippen molar-refractivity contribution in [1.29, 1.82) is 0 Å². The molecular weight excluding hydrogens is 451 g/mol. The Hall–Kier alpha value is -3.93. The van der Waals surface area contributed by atoms with Crippen molar-refractivity contribution in [1.82, 2.24) is 19.4 Å². The fraction of sp³-hybridized carbons (Fsp3) is 0.267. The molecule has 6 heteroatoms. The summed E-state index contributed by atoms with van der Waals surface area (Å²) < 4.78 is 15.8. The highest BCUT2D eigenvalue weighted by Gasteiger charge is 2.22. The van der Waals surface area contributed by atoms with Crippen molar-refractivity contribution in [2.75, 3.05) is 6.54 Å². The summed E-state index contributed by atoms with van der Waals surface area (Å²) in [6.45, 7) is 9.92. The highest BCUT2D eigenvalue weighted by Crippen LogP contribution is 2.28. The quantitative estimate of drug-likeness (QED) is 0.271. The number of benzene rings is 3. The molecule has 2 aromatic heterocycles. The molecule has 0 fully saturated rings. The van der Waals surface area contributed by atoms with Crippen molar-refractivity contribution in [3.63, 3.8) is 0 Å². The maximum Gasteiger partial charge on any atom is 0.270 e. The van der Waals surface area contributed by atoms with Crippen LogP contribution in [0.25, 0.3) is 33.1 Å². The van der Waals surface area contributed by atoms with Crippen LogP contribution in [-0.2, 0) is 13.1 Å². The average Bonchev–Trinajstić information content (AvgIpc) is 3.42. The minimum atomic E-state index is -0.295. The van der Waals surface area contributed by atoms with Gasteiger partial charge >= 0.3 is 0 Å². The number of amides is 1. The van der Waals surface area contributed by atoms with E-state index in [1.807, 2.05) is 35.4 Å².